The number of aromatic carboxylic acids is 1. The molecule has 110 valence electrons. The van der Waals surface area contributed by atoms with E-state index in [2.05, 4.69) is 5.10 Å². The first-order valence-corrected chi connectivity index (χ1v) is 7.23. The lowest BCUT2D eigenvalue weighted by Crippen LogP contribution is -2.13. The third kappa shape index (κ3) is 2.82. The third-order valence-electron chi connectivity index (χ3n) is 4.01. The van der Waals surface area contributed by atoms with Crippen LogP contribution in [0.4, 0.5) is 4.39 Å². The number of rotatable bonds is 3. The monoisotopic (exact) mass is 288 g/mol. The molecule has 2 aromatic rings. The Hall–Kier alpha value is -2.17. The van der Waals surface area contributed by atoms with E-state index in [1.165, 1.54) is 18.6 Å². The van der Waals surface area contributed by atoms with Gasteiger partial charge in [-0.15, -0.1) is 0 Å². The van der Waals surface area contributed by atoms with E-state index in [0.717, 1.165) is 25.7 Å². The number of benzene rings is 1. The van der Waals surface area contributed by atoms with Gasteiger partial charge in [0.2, 0.25) is 0 Å². The lowest BCUT2D eigenvalue weighted by atomic mass is 9.96. The van der Waals surface area contributed by atoms with E-state index in [4.69, 9.17) is 0 Å². The van der Waals surface area contributed by atoms with Crippen molar-refractivity contribution in [2.75, 3.05) is 0 Å². The standard InChI is InChI=1S/C16H17FN2O2/c17-12-6-4-5-11(9-12)15-14(16(20)21)10-19(18-15)13-7-2-1-3-8-13/h4-6,9-10,13H,1-3,7-8H2,(H,20,21). The highest BCUT2D eigenvalue weighted by molar-refractivity contribution is 5.94. The Labute approximate surface area is 122 Å². The van der Waals surface area contributed by atoms with E-state index in [-0.39, 0.29) is 11.6 Å². The van der Waals surface area contributed by atoms with Crippen molar-refractivity contribution in [2.45, 2.75) is 38.1 Å². The van der Waals surface area contributed by atoms with E-state index in [0.29, 0.717) is 11.3 Å². The van der Waals surface area contributed by atoms with Crippen LogP contribution in [0.3, 0.4) is 0 Å². The molecule has 1 aliphatic rings. The smallest absolute Gasteiger partial charge is 0.339 e. The summed E-state index contributed by atoms with van der Waals surface area (Å²) >= 11 is 0. The van der Waals surface area contributed by atoms with E-state index >= 15 is 0 Å². The zero-order valence-electron chi connectivity index (χ0n) is 11.6. The zero-order chi connectivity index (χ0) is 14.8. The van der Waals surface area contributed by atoms with Gasteiger partial charge in [-0.3, -0.25) is 4.68 Å². The normalized spacial score (nSPS) is 16.0. The predicted molar refractivity (Wildman–Crippen MR) is 76.7 cm³/mol. The Morgan fingerprint density at radius 3 is 2.71 bits per heavy atom. The number of carboxylic acid groups (broad SMARTS) is 1. The van der Waals surface area contributed by atoms with Gasteiger partial charge in [0.05, 0.1) is 6.04 Å². The summed E-state index contributed by atoms with van der Waals surface area (Å²) in [4.78, 5) is 11.4. The van der Waals surface area contributed by atoms with Crippen LogP contribution < -0.4 is 0 Å². The van der Waals surface area contributed by atoms with Crippen molar-refractivity contribution in [2.24, 2.45) is 0 Å². The van der Waals surface area contributed by atoms with Crippen molar-refractivity contribution >= 4 is 5.97 Å². The molecule has 0 saturated heterocycles. The van der Waals surface area contributed by atoms with Gasteiger partial charge in [-0.1, -0.05) is 31.4 Å². The molecule has 1 heterocycles. The zero-order valence-corrected chi connectivity index (χ0v) is 11.6. The topological polar surface area (TPSA) is 55.1 Å². The van der Waals surface area contributed by atoms with Crippen LogP contribution in [-0.2, 0) is 0 Å². The van der Waals surface area contributed by atoms with Crippen molar-refractivity contribution < 1.29 is 14.3 Å². The fraction of sp³-hybridized carbons (Fsp3) is 0.375. The van der Waals surface area contributed by atoms with Gasteiger partial charge in [-0.25, -0.2) is 9.18 Å². The maximum Gasteiger partial charge on any atom is 0.339 e. The number of halogens is 1. The molecule has 1 fully saturated rings. The van der Waals surface area contributed by atoms with Gasteiger partial charge >= 0.3 is 5.97 Å². The largest absolute Gasteiger partial charge is 0.478 e. The Bertz CT molecular complexity index is 660. The van der Waals surface area contributed by atoms with Gasteiger partial charge in [-0.05, 0) is 25.0 Å². The fourth-order valence-corrected chi connectivity index (χ4v) is 2.93. The number of hydrogen-bond acceptors (Lipinski definition) is 2. The minimum atomic E-state index is -1.03. The highest BCUT2D eigenvalue weighted by Gasteiger charge is 2.22. The summed E-state index contributed by atoms with van der Waals surface area (Å²) in [7, 11) is 0. The van der Waals surface area contributed by atoms with Gasteiger partial charge in [0, 0.05) is 11.8 Å². The van der Waals surface area contributed by atoms with Crippen LogP contribution in [0.2, 0.25) is 0 Å². The quantitative estimate of drug-likeness (QED) is 0.932. The second kappa shape index (κ2) is 5.68. The second-order valence-electron chi connectivity index (χ2n) is 5.48. The SMILES string of the molecule is O=C(O)c1cn(C2CCCCC2)nc1-c1cccc(F)c1. The predicted octanol–water partition coefficient (Wildman–Crippen LogP) is 3.89. The summed E-state index contributed by atoms with van der Waals surface area (Å²) in [5.74, 6) is -1.42. The van der Waals surface area contributed by atoms with Crippen LogP contribution in [0, 0.1) is 5.82 Å². The Morgan fingerprint density at radius 1 is 1.29 bits per heavy atom. The van der Waals surface area contributed by atoms with Crippen LogP contribution in [0.5, 0.6) is 0 Å². The van der Waals surface area contributed by atoms with Crippen LogP contribution in [-0.4, -0.2) is 20.9 Å². The molecule has 1 aromatic heterocycles. The molecule has 5 heteroatoms. The third-order valence-corrected chi connectivity index (χ3v) is 4.01. The van der Waals surface area contributed by atoms with E-state index in [1.54, 1.807) is 23.0 Å². The van der Waals surface area contributed by atoms with Crippen molar-refractivity contribution in [1.82, 2.24) is 9.78 Å². The van der Waals surface area contributed by atoms with Crippen molar-refractivity contribution in [3.05, 3.63) is 41.8 Å². The van der Waals surface area contributed by atoms with Gasteiger partial charge in [0.25, 0.3) is 0 Å². The summed E-state index contributed by atoms with van der Waals surface area (Å²) in [5.41, 5.74) is 0.973. The number of carbonyl (C=O) groups is 1. The molecule has 4 nitrogen and oxygen atoms in total. The lowest BCUT2D eigenvalue weighted by molar-refractivity contribution is 0.0697. The summed E-state index contributed by atoms with van der Waals surface area (Å²) in [6, 6.07) is 6.15. The molecule has 0 unspecified atom stereocenters. The maximum absolute atomic E-state index is 13.4. The maximum atomic E-state index is 13.4. The van der Waals surface area contributed by atoms with Crippen LogP contribution in [0.1, 0.15) is 48.5 Å². The molecule has 21 heavy (non-hydrogen) atoms. The van der Waals surface area contributed by atoms with Crippen molar-refractivity contribution in [3.63, 3.8) is 0 Å². The number of aromatic nitrogens is 2. The Kier molecular flexibility index (Phi) is 3.73. The van der Waals surface area contributed by atoms with Gasteiger partial charge in [0.1, 0.15) is 17.1 Å². The number of hydrogen-bond donors (Lipinski definition) is 1. The lowest BCUT2D eigenvalue weighted by Gasteiger charge is -2.21. The molecule has 0 bridgehead atoms. The van der Waals surface area contributed by atoms with E-state index in [9.17, 15) is 14.3 Å². The average Bonchev–Trinajstić information content (AvgIpc) is 2.93. The second-order valence-corrected chi connectivity index (χ2v) is 5.48. The van der Waals surface area contributed by atoms with Gasteiger partial charge in [-0.2, -0.15) is 5.10 Å². The van der Waals surface area contributed by atoms with Crippen LogP contribution in [0.15, 0.2) is 30.5 Å². The molecule has 1 N–H and O–H groups in total. The molecule has 1 saturated carbocycles. The van der Waals surface area contributed by atoms with Crippen LogP contribution >= 0.6 is 0 Å². The van der Waals surface area contributed by atoms with E-state index in [1.807, 2.05) is 0 Å². The number of carboxylic acids is 1. The fourth-order valence-electron chi connectivity index (χ4n) is 2.93. The van der Waals surface area contributed by atoms with E-state index < -0.39 is 11.8 Å². The molecule has 1 aromatic carbocycles. The molecule has 0 spiro atoms. The Morgan fingerprint density at radius 2 is 2.05 bits per heavy atom. The first-order valence-electron chi connectivity index (χ1n) is 7.23. The summed E-state index contributed by atoms with van der Waals surface area (Å²) in [6.07, 6.45) is 7.12. The van der Waals surface area contributed by atoms with Gasteiger partial charge in [0.15, 0.2) is 0 Å². The van der Waals surface area contributed by atoms with Gasteiger partial charge < -0.3 is 5.11 Å². The highest BCUT2D eigenvalue weighted by atomic mass is 19.1. The first-order chi connectivity index (χ1) is 10.1. The molecule has 0 radical (unpaired) electrons. The average molecular weight is 288 g/mol. The minimum absolute atomic E-state index is 0.131. The first kappa shape index (κ1) is 13.8. The van der Waals surface area contributed by atoms with Crippen molar-refractivity contribution in [3.8, 4) is 11.3 Å². The minimum Gasteiger partial charge on any atom is -0.478 e. The molecule has 0 amide bonds. The molecule has 0 aliphatic heterocycles. The molecular formula is C16H17FN2O2. The molecular weight excluding hydrogens is 271 g/mol. The summed E-state index contributed by atoms with van der Waals surface area (Å²) < 4.78 is 15.1. The Balaban J connectivity index is 2.02. The number of nitrogens with zero attached hydrogens (tertiary/aromatic N) is 2. The molecule has 1 aliphatic carbocycles. The molecule has 3 rings (SSSR count). The summed E-state index contributed by atoms with van der Waals surface area (Å²) in [5, 5.41) is 13.8. The van der Waals surface area contributed by atoms with Crippen molar-refractivity contribution in [1.29, 1.82) is 0 Å². The highest BCUT2D eigenvalue weighted by Crippen LogP contribution is 2.30. The van der Waals surface area contributed by atoms with Crippen LogP contribution in [0.25, 0.3) is 11.3 Å². The summed E-state index contributed by atoms with van der Waals surface area (Å²) in [6.45, 7) is 0. The molecule has 0 atom stereocenters.